The molecule has 3 unspecified atom stereocenters. The summed E-state index contributed by atoms with van der Waals surface area (Å²) in [5.41, 5.74) is 0.777. The zero-order valence-corrected chi connectivity index (χ0v) is 23.4. The standard InChI is InChI=1S/C27H35Cl2N5O4/c1-26(31-14-17-6-11-38-27(13-17)8-9-27)7-5-20(28)23(33-26)19-12-22(30-15-21(19)29)32-24(35)18-4-3-10-34(16-18)25(36)37-2/h5,12,15,17-18,31H,3-4,6-11,13-14,16H2,1-2H3,(H,30,32,35). The van der Waals surface area contributed by atoms with Gasteiger partial charge in [-0.2, -0.15) is 0 Å². The number of methoxy groups -OCH3 is 1. The number of rotatable bonds is 6. The first-order chi connectivity index (χ1) is 18.2. The van der Waals surface area contributed by atoms with E-state index in [-0.39, 0.29) is 17.4 Å². The molecule has 9 nitrogen and oxygen atoms in total. The lowest BCUT2D eigenvalue weighted by Gasteiger charge is -2.35. The number of halogens is 2. The minimum atomic E-state index is -0.530. The van der Waals surface area contributed by atoms with Gasteiger partial charge in [-0.1, -0.05) is 29.3 Å². The number of likely N-dealkylation sites (tertiary alicyclic amines) is 1. The zero-order valence-electron chi connectivity index (χ0n) is 21.9. The third-order valence-corrected chi connectivity index (χ3v) is 8.66. The van der Waals surface area contributed by atoms with Crippen molar-refractivity contribution in [3.05, 3.63) is 34.0 Å². The van der Waals surface area contributed by atoms with Crippen LogP contribution in [0.1, 0.15) is 57.4 Å². The van der Waals surface area contributed by atoms with E-state index in [4.69, 9.17) is 37.7 Å². The quantitative estimate of drug-likeness (QED) is 0.518. The van der Waals surface area contributed by atoms with Crippen molar-refractivity contribution in [2.45, 2.75) is 63.1 Å². The number of anilines is 1. The molecule has 38 heavy (non-hydrogen) atoms. The number of dihydropyridines is 1. The molecular weight excluding hydrogens is 529 g/mol. The van der Waals surface area contributed by atoms with Crippen LogP contribution < -0.4 is 10.6 Å². The van der Waals surface area contributed by atoms with E-state index in [1.54, 1.807) is 11.0 Å². The van der Waals surface area contributed by atoms with Crippen LogP contribution in [0.15, 0.2) is 28.4 Å². The van der Waals surface area contributed by atoms with E-state index in [1.807, 2.05) is 6.08 Å². The molecule has 1 aromatic heterocycles. The lowest BCUT2D eigenvalue weighted by atomic mass is 9.93. The molecule has 2 saturated heterocycles. The fourth-order valence-corrected chi connectivity index (χ4v) is 6.00. The van der Waals surface area contributed by atoms with Crippen LogP contribution in [0.2, 0.25) is 5.02 Å². The molecule has 4 aliphatic rings. The highest BCUT2D eigenvalue weighted by Crippen LogP contribution is 2.48. The maximum Gasteiger partial charge on any atom is 0.409 e. The number of hydrogen-bond acceptors (Lipinski definition) is 7. The van der Waals surface area contributed by atoms with Crippen molar-refractivity contribution in [3.8, 4) is 0 Å². The number of nitrogens with zero attached hydrogens (tertiary/aromatic N) is 3. The van der Waals surface area contributed by atoms with Crippen LogP contribution in [0.4, 0.5) is 10.6 Å². The Bertz CT molecular complexity index is 1150. The molecule has 5 rings (SSSR count). The largest absolute Gasteiger partial charge is 0.453 e. The number of pyridine rings is 1. The van der Waals surface area contributed by atoms with Gasteiger partial charge in [0.1, 0.15) is 11.5 Å². The zero-order chi connectivity index (χ0) is 26.9. The topological polar surface area (TPSA) is 105 Å². The molecule has 2 amide bonds. The first kappa shape index (κ1) is 27.4. The van der Waals surface area contributed by atoms with Crippen molar-refractivity contribution >= 4 is 46.7 Å². The molecule has 0 bridgehead atoms. The Morgan fingerprint density at radius 3 is 2.87 bits per heavy atom. The first-order valence-corrected chi connectivity index (χ1v) is 14.1. The smallest absolute Gasteiger partial charge is 0.409 e. The molecule has 0 aromatic carbocycles. The molecule has 11 heteroatoms. The maximum absolute atomic E-state index is 13.0. The van der Waals surface area contributed by atoms with E-state index >= 15 is 0 Å². The average molecular weight is 565 g/mol. The summed E-state index contributed by atoms with van der Waals surface area (Å²) in [6.45, 7) is 4.63. The van der Waals surface area contributed by atoms with Gasteiger partial charge in [0.15, 0.2) is 0 Å². The van der Waals surface area contributed by atoms with Gasteiger partial charge in [0.05, 0.1) is 34.4 Å². The Morgan fingerprint density at radius 1 is 1.29 bits per heavy atom. The van der Waals surface area contributed by atoms with Crippen molar-refractivity contribution in [1.82, 2.24) is 15.2 Å². The van der Waals surface area contributed by atoms with Gasteiger partial charge in [-0.15, -0.1) is 0 Å². The van der Waals surface area contributed by atoms with Gasteiger partial charge in [-0.25, -0.2) is 9.78 Å². The Morgan fingerprint density at radius 2 is 2.11 bits per heavy atom. The number of aromatic nitrogens is 1. The summed E-state index contributed by atoms with van der Waals surface area (Å²) in [7, 11) is 1.34. The van der Waals surface area contributed by atoms with Crippen LogP contribution in [-0.2, 0) is 14.3 Å². The van der Waals surface area contributed by atoms with Crippen LogP contribution in [0, 0.1) is 11.8 Å². The Labute approximate surface area is 233 Å². The summed E-state index contributed by atoms with van der Waals surface area (Å²) in [4.78, 5) is 35.8. The second-order valence-corrected chi connectivity index (χ2v) is 11.9. The highest BCUT2D eigenvalue weighted by Gasteiger charge is 2.47. The molecule has 4 heterocycles. The second kappa shape index (κ2) is 11.1. The summed E-state index contributed by atoms with van der Waals surface area (Å²) >= 11 is 13.2. The van der Waals surface area contributed by atoms with Crippen LogP contribution in [0.5, 0.6) is 0 Å². The molecule has 1 aliphatic carbocycles. The lowest BCUT2D eigenvalue weighted by molar-refractivity contribution is -0.121. The summed E-state index contributed by atoms with van der Waals surface area (Å²) in [5, 5.41) is 7.45. The molecule has 1 spiro atoms. The number of piperidine rings is 1. The minimum absolute atomic E-state index is 0.135. The van der Waals surface area contributed by atoms with E-state index in [2.05, 4.69) is 22.5 Å². The van der Waals surface area contributed by atoms with Crippen LogP contribution in [0.25, 0.3) is 0 Å². The summed E-state index contributed by atoms with van der Waals surface area (Å²) in [5.74, 6) is 0.355. The van der Waals surface area contributed by atoms with E-state index in [0.717, 1.165) is 32.4 Å². The lowest BCUT2D eigenvalue weighted by Crippen LogP contribution is -2.46. The average Bonchev–Trinajstić information content (AvgIpc) is 3.67. The van der Waals surface area contributed by atoms with Gasteiger partial charge in [-0.05, 0) is 57.4 Å². The Hall–Kier alpha value is -2.20. The Balaban J connectivity index is 1.28. The van der Waals surface area contributed by atoms with Gasteiger partial charge in [0.25, 0.3) is 0 Å². The highest BCUT2D eigenvalue weighted by atomic mass is 35.5. The van der Waals surface area contributed by atoms with E-state index in [9.17, 15) is 9.59 Å². The summed E-state index contributed by atoms with van der Waals surface area (Å²) in [6, 6.07) is 1.71. The summed E-state index contributed by atoms with van der Waals surface area (Å²) < 4.78 is 10.8. The number of ether oxygens (including phenoxy) is 2. The van der Waals surface area contributed by atoms with Crippen molar-refractivity contribution in [1.29, 1.82) is 0 Å². The monoisotopic (exact) mass is 563 g/mol. The normalized spacial score (nSPS) is 28.4. The first-order valence-electron chi connectivity index (χ1n) is 13.3. The molecular formula is C27H35Cl2N5O4. The molecule has 3 atom stereocenters. The van der Waals surface area contributed by atoms with Crippen molar-refractivity contribution in [2.75, 3.05) is 38.7 Å². The van der Waals surface area contributed by atoms with E-state index in [0.29, 0.717) is 59.0 Å². The summed E-state index contributed by atoms with van der Waals surface area (Å²) in [6.07, 6.45) is 9.59. The third-order valence-electron chi connectivity index (χ3n) is 8.02. The number of aliphatic imine (C=N–C) groups is 1. The fraction of sp³-hybridized carbons (Fsp3) is 0.630. The van der Waals surface area contributed by atoms with Gasteiger partial charge < -0.3 is 19.7 Å². The van der Waals surface area contributed by atoms with Crippen LogP contribution in [0.3, 0.4) is 0 Å². The van der Waals surface area contributed by atoms with Crippen LogP contribution >= 0.6 is 23.2 Å². The number of carbonyl (C=O) groups excluding carboxylic acids is 2. The number of hydrogen-bond donors (Lipinski definition) is 2. The van der Waals surface area contributed by atoms with Gasteiger partial charge >= 0.3 is 6.09 Å². The predicted octanol–water partition coefficient (Wildman–Crippen LogP) is 4.73. The number of amides is 2. The molecule has 3 aliphatic heterocycles. The molecule has 2 N–H and O–H groups in total. The molecule has 0 radical (unpaired) electrons. The Kier molecular flexibility index (Phi) is 8.01. The van der Waals surface area contributed by atoms with Crippen molar-refractivity contribution in [3.63, 3.8) is 0 Å². The fourth-order valence-electron chi connectivity index (χ4n) is 5.59. The number of carbonyl (C=O) groups is 2. The van der Waals surface area contributed by atoms with Crippen LogP contribution in [-0.4, -0.2) is 72.2 Å². The van der Waals surface area contributed by atoms with Crippen molar-refractivity contribution < 1.29 is 19.1 Å². The third kappa shape index (κ3) is 6.17. The number of nitrogens with one attached hydrogen (secondary N) is 2. The highest BCUT2D eigenvalue weighted by molar-refractivity contribution is 6.48. The van der Waals surface area contributed by atoms with Crippen molar-refractivity contribution in [2.24, 2.45) is 16.8 Å². The minimum Gasteiger partial charge on any atom is -0.453 e. The second-order valence-electron chi connectivity index (χ2n) is 11.1. The van der Waals surface area contributed by atoms with E-state index in [1.165, 1.54) is 26.1 Å². The molecule has 206 valence electrons. The van der Waals surface area contributed by atoms with Gasteiger partial charge in [-0.3, -0.25) is 15.1 Å². The SMILES string of the molecule is COC(=O)N1CCCC(C(=O)Nc2cc(C3=NC(C)(NCC4CCOC5(CC5)C4)CC=C3Cl)c(Cl)cn2)C1. The van der Waals surface area contributed by atoms with Gasteiger partial charge in [0, 0.05) is 44.4 Å². The van der Waals surface area contributed by atoms with E-state index < -0.39 is 11.8 Å². The predicted molar refractivity (Wildman–Crippen MR) is 147 cm³/mol. The molecule has 1 aromatic rings. The number of allylic oxidation sites excluding steroid dienone is 1. The maximum atomic E-state index is 13.0. The van der Waals surface area contributed by atoms with Gasteiger partial charge in [0.2, 0.25) is 5.91 Å². The molecule has 1 saturated carbocycles. The molecule has 3 fully saturated rings.